The van der Waals surface area contributed by atoms with Gasteiger partial charge in [0.2, 0.25) is 0 Å². The van der Waals surface area contributed by atoms with Crippen LogP contribution in [0.15, 0.2) is 0 Å². The van der Waals surface area contributed by atoms with Gasteiger partial charge in [-0.25, -0.2) is 0 Å². The van der Waals surface area contributed by atoms with E-state index >= 15 is 0 Å². The normalized spacial score (nSPS) is 46.7. The maximum atomic E-state index is 11.5. The van der Waals surface area contributed by atoms with Gasteiger partial charge in [0.05, 0.1) is 5.60 Å². The molecule has 0 saturated heterocycles. The minimum absolute atomic E-state index is 0.00352. The van der Waals surface area contributed by atoms with Crippen LogP contribution < -0.4 is 0 Å². The third-order valence-corrected chi connectivity index (χ3v) is 3.62. The molecule has 12 heavy (non-hydrogen) atoms. The van der Waals surface area contributed by atoms with E-state index in [9.17, 15) is 9.90 Å². The summed E-state index contributed by atoms with van der Waals surface area (Å²) >= 11 is 0. The number of rotatable bonds is 1. The van der Waals surface area contributed by atoms with Crippen molar-refractivity contribution in [2.75, 3.05) is 0 Å². The molecule has 2 heteroatoms. The Morgan fingerprint density at radius 2 is 2.33 bits per heavy atom. The fraction of sp³-hybridized carbons (Fsp3) is 0.900. The molecule has 3 unspecified atom stereocenters. The molecule has 1 N–H and O–H groups in total. The lowest BCUT2D eigenvalue weighted by Gasteiger charge is -2.53. The van der Waals surface area contributed by atoms with Gasteiger partial charge in [-0.3, -0.25) is 4.79 Å². The summed E-state index contributed by atoms with van der Waals surface area (Å²) in [5.74, 6) is 0.277. The molecule has 0 bridgehead atoms. The van der Waals surface area contributed by atoms with E-state index in [1.54, 1.807) is 0 Å². The second-order valence-electron chi connectivity index (χ2n) is 4.15. The van der Waals surface area contributed by atoms with Crippen LogP contribution in [0, 0.1) is 11.8 Å². The predicted octanol–water partition coefficient (Wildman–Crippen LogP) is 1.52. The van der Waals surface area contributed by atoms with Crippen molar-refractivity contribution in [3.63, 3.8) is 0 Å². The predicted molar refractivity (Wildman–Crippen MR) is 45.7 cm³/mol. The number of fused-ring (bicyclic) bond motifs is 1. The maximum Gasteiger partial charge on any atom is 0.144 e. The van der Waals surface area contributed by atoms with Crippen molar-refractivity contribution in [1.82, 2.24) is 0 Å². The molecule has 0 aromatic carbocycles. The second-order valence-corrected chi connectivity index (χ2v) is 4.15. The molecule has 2 saturated carbocycles. The van der Waals surface area contributed by atoms with Crippen LogP contribution in [0.3, 0.4) is 0 Å². The third-order valence-electron chi connectivity index (χ3n) is 3.62. The molecule has 2 aliphatic rings. The van der Waals surface area contributed by atoms with E-state index in [1.807, 2.05) is 6.92 Å². The zero-order valence-corrected chi connectivity index (χ0v) is 7.55. The van der Waals surface area contributed by atoms with Gasteiger partial charge >= 0.3 is 0 Å². The molecule has 2 rings (SSSR count). The molecule has 0 aromatic heterocycles. The zero-order valence-electron chi connectivity index (χ0n) is 7.55. The van der Waals surface area contributed by atoms with Crippen LogP contribution in [0.1, 0.15) is 39.0 Å². The number of aliphatic hydroxyl groups is 1. The van der Waals surface area contributed by atoms with Gasteiger partial charge in [0.25, 0.3) is 0 Å². The number of Topliss-reactive ketones (excluding diaryl/α,β-unsaturated/α-hetero) is 1. The molecule has 2 nitrogen and oxygen atoms in total. The van der Waals surface area contributed by atoms with Crippen molar-refractivity contribution in [2.24, 2.45) is 11.8 Å². The molecular formula is C10H16O2. The highest BCUT2D eigenvalue weighted by Crippen LogP contribution is 2.51. The molecule has 0 amide bonds. The lowest BCUT2D eigenvalue weighted by molar-refractivity contribution is -0.186. The van der Waals surface area contributed by atoms with Crippen LogP contribution in [-0.4, -0.2) is 16.5 Å². The molecule has 2 fully saturated rings. The highest BCUT2D eigenvalue weighted by Gasteiger charge is 2.60. The molecule has 2 aliphatic carbocycles. The second kappa shape index (κ2) is 2.56. The van der Waals surface area contributed by atoms with Crippen LogP contribution in [-0.2, 0) is 4.79 Å². The summed E-state index contributed by atoms with van der Waals surface area (Å²) in [5.41, 5.74) is -0.593. The van der Waals surface area contributed by atoms with Crippen LogP contribution in [0.4, 0.5) is 0 Å². The van der Waals surface area contributed by atoms with Gasteiger partial charge in [-0.1, -0.05) is 19.8 Å². The Morgan fingerprint density at radius 1 is 1.58 bits per heavy atom. The summed E-state index contributed by atoms with van der Waals surface area (Å²) in [6, 6.07) is 0. The smallest absolute Gasteiger partial charge is 0.144 e. The Balaban J connectivity index is 2.17. The molecule has 0 radical (unpaired) electrons. The average Bonchev–Trinajstić information content (AvgIpc) is 2.04. The number of hydrogen-bond donors (Lipinski definition) is 1. The van der Waals surface area contributed by atoms with Crippen molar-refractivity contribution in [1.29, 1.82) is 0 Å². The van der Waals surface area contributed by atoms with Gasteiger partial charge < -0.3 is 5.11 Å². The summed E-state index contributed by atoms with van der Waals surface area (Å²) in [6.45, 7) is 1.99. The summed E-state index contributed by atoms with van der Waals surface area (Å²) in [4.78, 5) is 11.5. The van der Waals surface area contributed by atoms with Gasteiger partial charge in [0, 0.05) is 11.8 Å². The Kier molecular flexibility index (Phi) is 1.76. The number of hydrogen-bond acceptors (Lipinski definition) is 2. The van der Waals surface area contributed by atoms with Crippen LogP contribution in [0.5, 0.6) is 0 Å². The quantitative estimate of drug-likeness (QED) is 0.644. The third kappa shape index (κ3) is 0.817. The Morgan fingerprint density at radius 3 is 3.00 bits per heavy atom. The first-order valence-electron chi connectivity index (χ1n) is 4.96. The van der Waals surface area contributed by atoms with E-state index in [2.05, 4.69) is 0 Å². The number of carbonyl (C=O) groups is 1. The monoisotopic (exact) mass is 168 g/mol. The summed E-state index contributed by atoms with van der Waals surface area (Å²) in [7, 11) is 0. The van der Waals surface area contributed by atoms with Gasteiger partial charge in [-0.05, 0) is 19.3 Å². The van der Waals surface area contributed by atoms with Gasteiger partial charge in [-0.15, -0.1) is 0 Å². The van der Waals surface area contributed by atoms with Crippen molar-refractivity contribution < 1.29 is 9.90 Å². The average molecular weight is 168 g/mol. The largest absolute Gasteiger partial charge is 0.388 e. The molecule has 3 atom stereocenters. The van der Waals surface area contributed by atoms with Crippen molar-refractivity contribution in [2.45, 2.75) is 44.6 Å². The summed E-state index contributed by atoms with van der Waals surface area (Å²) < 4.78 is 0. The van der Waals surface area contributed by atoms with Crippen molar-refractivity contribution in [3.8, 4) is 0 Å². The van der Waals surface area contributed by atoms with Crippen LogP contribution in [0.2, 0.25) is 0 Å². The summed E-state index contributed by atoms with van der Waals surface area (Å²) in [5, 5.41) is 10.1. The van der Waals surface area contributed by atoms with Crippen LogP contribution >= 0.6 is 0 Å². The van der Waals surface area contributed by atoms with Crippen molar-refractivity contribution in [3.05, 3.63) is 0 Å². The Hall–Kier alpha value is -0.370. The lowest BCUT2D eigenvalue weighted by Crippen LogP contribution is -2.64. The fourth-order valence-corrected chi connectivity index (χ4v) is 2.93. The minimum atomic E-state index is -0.593. The molecule has 0 heterocycles. The van der Waals surface area contributed by atoms with Gasteiger partial charge in [0.1, 0.15) is 5.78 Å². The lowest BCUT2D eigenvalue weighted by atomic mass is 9.53. The molecule has 0 aromatic rings. The van der Waals surface area contributed by atoms with Gasteiger partial charge in [0.15, 0.2) is 0 Å². The van der Waals surface area contributed by atoms with E-state index in [0.717, 1.165) is 32.1 Å². The van der Waals surface area contributed by atoms with E-state index < -0.39 is 5.60 Å². The Bertz CT molecular complexity index is 202. The SMILES string of the molecule is CCC1C(=O)C2CCCCC12O. The highest BCUT2D eigenvalue weighted by atomic mass is 16.3. The van der Waals surface area contributed by atoms with E-state index in [1.165, 1.54) is 0 Å². The maximum absolute atomic E-state index is 11.5. The number of carbonyl (C=O) groups excluding carboxylic acids is 1. The minimum Gasteiger partial charge on any atom is -0.388 e. The standard InChI is InChI=1S/C10H16O2/c1-2-7-9(11)8-5-3-4-6-10(7,8)12/h7-8,12H,2-6H2,1H3. The molecular weight excluding hydrogens is 152 g/mol. The first-order chi connectivity index (χ1) is 5.70. The first-order valence-corrected chi connectivity index (χ1v) is 4.96. The topological polar surface area (TPSA) is 37.3 Å². The Labute approximate surface area is 73.0 Å². The highest BCUT2D eigenvalue weighted by molar-refractivity contribution is 5.92. The summed E-state index contributed by atoms with van der Waals surface area (Å²) in [6.07, 6.45) is 4.80. The molecule has 0 aliphatic heterocycles. The van der Waals surface area contributed by atoms with E-state index in [-0.39, 0.29) is 11.8 Å². The zero-order chi connectivity index (χ0) is 8.77. The molecule has 0 spiro atoms. The van der Waals surface area contributed by atoms with Crippen molar-refractivity contribution >= 4 is 5.78 Å². The fourth-order valence-electron chi connectivity index (χ4n) is 2.93. The first kappa shape index (κ1) is 8.24. The van der Waals surface area contributed by atoms with E-state index in [4.69, 9.17) is 0 Å². The van der Waals surface area contributed by atoms with E-state index in [0.29, 0.717) is 5.78 Å². The van der Waals surface area contributed by atoms with Crippen LogP contribution in [0.25, 0.3) is 0 Å². The number of ketones is 1. The van der Waals surface area contributed by atoms with Gasteiger partial charge in [-0.2, -0.15) is 0 Å². The molecule has 68 valence electrons.